The van der Waals surface area contributed by atoms with Crippen molar-refractivity contribution in [1.29, 1.82) is 0 Å². The zero-order chi connectivity index (χ0) is 15.0. The van der Waals surface area contributed by atoms with Gasteiger partial charge in [0.1, 0.15) is 0 Å². The maximum Gasteiger partial charge on any atom is 0.340 e. The Morgan fingerprint density at radius 3 is 2.55 bits per heavy atom. The highest BCUT2D eigenvalue weighted by atomic mass is 16.5. The monoisotopic (exact) mass is 277 g/mol. The summed E-state index contributed by atoms with van der Waals surface area (Å²) in [6.45, 7) is 5.85. The van der Waals surface area contributed by atoms with E-state index in [1.165, 1.54) is 4.57 Å². The molecule has 6 heteroatoms. The average molecular weight is 277 g/mol. The molecule has 0 unspecified atom stereocenters. The van der Waals surface area contributed by atoms with Crippen LogP contribution in [-0.2, 0) is 11.8 Å². The highest BCUT2D eigenvalue weighted by Gasteiger charge is 2.18. The van der Waals surface area contributed by atoms with Crippen molar-refractivity contribution in [2.24, 2.45) is 7.05 Å². The molecular formula is C14H19N3O3. The van der Waals surface area contributed by atoms with Crippen LogP contribution in [0.25, 0.3) is 11.0 Å². The van der Waals surface area contributed by atoms with Crippen molar-refractivity contribution in [1.82, 2.24) is 9.13 Å². The van der Waals surface area contributed by atoms with Gasteiger partial charge >= 0.3 is 11.7 Å². The number of aromatic nitrogens is 2. The molecule has 108 valence electrons. The van der Waals surface area contributed by atoms with Gasteiger partial charge in [-0.1, -0.05) is 0 Å². The van der Waals surface area contributed by atoms with Crippen LogP contribution in [0.3, 0.4) is 0 Å². The van der Waals surface area contributed by atoms with Crippen LogP contribution in [0.2, 0.25) is 0 Å². The molecule has 0 aliphatic rings. The fraction of sp³-hybridized carbons (Fsp3) is 0.429. The minimum atomic E-state index is -0.474. The minimum Gasteiger partial charge on any atom is -0.462 e. The van der Waals surface area contributed by atoms with Crippen LogP contribution >= 0.6 is 0 Å². The Hall–Kier alpha value is -2.24. The molecule has 0 aliphatic heterocycles. The predicted molar refractivity (Wildman–Crippen MR) is 77.9 cm³/mol. The molecule has 0 fully saturated rings. The molecule has 0 saturated carbocycles. The lowest BCUT2D eigenvalue weighted by molar-refractivity contribution is 0.0527. The summed E-state index contributed by atoms with van der Waals surface area (Å²) in [7, 11) is 1.69. The third-order valence-corrected chi connectivity index (χ3v) is 3.27. The van der Waals surface area contributed by atoms with Crippen molar-refractivity contribution >= 4 is 22.7 Å². The summed E-state index contributed by atoms with van der Waals surface area (Å²) in [5.74, 6) is -0.474. The summed E-state index contributed by atoms with van der Waals surface area (Å²) in [4.78, 5) is 24.1. The molecule has 0 atom stereocenters. The molecule has 0 bridgehead atoms. The van der Waals surface area contributed by atoms with Crippen molar-refractivity contribution in [3.63, 3.8) is 0 Å². The third-order valence-electron chi connectivity index (χ3n) is 3.27. The summed E-state index contributed by atoms with van der Waals surface area (Å²) in [5, 5.41) is 0. The lowest BCUT2D eigenvalue weighted by atomic mass is 10.1. The molecular weight excluding hydrogens is 258 g/mol. The summed E-state index contributed by atoms with van der Waals surface area (Å²) >= 11 is 0. The van der Waals surface area contributed by atoms with Crippen LogP contribution in [0.15, 0.2) is 16.9 Å². The first kappa shape index (κ1) is 14.2. The zero-order valence-corrected chi connectivity index (χ0v) is 12.1. The summed E-state index contributed by atoms with van der Waals surface area (Å²) in [5.41, 5.74) is 7.76. The quantitative estimate of drug-likeness (QED) is 0.684. The Morgan fingerprint density at radius 2 is 2.00 bits per heavy atom. The maximum absolute atomic E-state index is 12.2. The molecule has 20 heavy (non-hydrogen) atoms. The van der Waals surface area contributed by atoms with Gasteiger partial charge in [-0.25, -0.2) is 9.59 Å². The Bertz CT molecular complexity index is 725. The molecule has 0 aliphatic carbocycles. The Labute approximate surface area is 116 Å². The number of hydrogen-bond donors (Lipinski definition) is 1. The smallest absolute Gasteiger partial charge is 0.340 e. The number of hydrogen-bond acceptors (Lipinski definition) is 4. The molecule has 0 amide bonds. The first-order valence-corrected chi connectivity index (χ1v) is 6.56. The topological polar surface area (TPSA) is 79.2 Å². The molecule has 0 saturated heterocycles. The highest BCUT2D eigenvalue weighted by molar-refractivity contribution is 5.99. The molecule has 2 N–H and O–H groups in total. The Balaban J connectivity index is 2.78. The number of aryl methyl sites for hydroxylation is 1. The normalized spacial score (nSPS) is 11.2. The van der Waals surface area contributed by atoms with Gasteiger partial charge in [-0.3, -0.25) is 9.13 Å². The van der Waals surface area contributed by atoms with Crippen LogP contribution in [0.4, 0.5) is 5.69 Å². The van der Waals surface area contributed by atoms with Crippen LogP contribution in [0.5, 0.6) is 0 Å². The van der Waals surface area contributed by atoms with E-state index in [2.05, 4.69) is 0 Å². The first-order valence-electron chi connectivity index (χ1n) is 6.56. The van der Waals surface area contributed by atoms with Gasteiger partial charge in [-0.2, -0.15) is 0 Å². The Morgan fingerprint density at radius 1 is 1.35 bits per heavy atom. The van der Waals surface area contributed by atoms with Crippen LogP contribution in [-0.4, -0.2) is 21.7 Å². The second kappa shape index (κ2) is 5.03. The number of nitrogen functional groups attached to an aromatic ring is 1. The average Bonchev–Trinajstić information content (AvgIpc) is 2.61. The second-order valence-electron chi connectivity index (χ2n) is 4.95. The molecule has 2 aromatic rings. The highest BCUT2D eigenvalue weighted by Crippen LogP contribution is 2.23. The van der Waals surface area contributed by atoms with E-state index in [9.17, 15) is 9.59 Å². The first-order chi connectivity index (χ1) is 9.38. The van der Waals surface area contributed by atoms with E-state index < -0.39 is 5.97 Å². The zero-order valence-electron chi connectivity index (χ0n) is 12.1. The fourth-order valence-corrected chi connectivity index (χ4v) is 2.31. The molecule has 2 rings (SSSR count). The number of rotatable bonds is 3. The van der Waals surface area contributed by atoms with E-state index in [1.807, 2.05) is 13.8 Å². The van der Waals surface area contributed by atoms with Gasteiger partial charge in [0, 0.05) is 18.8 Å². The third kappa shape index (κ3) is 2.07. The van der Waals surface area contributed by atoms with Gasteiger partial charge in [0.15, 0.2) is 0 Å². The van der Waals surface area contributed by atoms with Crippen LogP contribution in [0, 0.1) is 0 Å². The van der Waals surface area contributed by atoms with Crippen LogP contribution in [0.1, 0.15) is 37.2 Å². The summed E-state index contributed by atoms with van der Waals surface area (Å²) in [6.07, 6.45) is 0. The number of carbonyl (C=O) groups excluding carboxylic acids is 1. The number of nitrogens with zero attached hydrogens (tertiary/aromatic N) is 2. The SMILES string of the molecule is CCOC(=O)c1cc2c(cc1N)n(C)c(=O)n2C(C)C. The van der Waals surface area contributed by atoms with E-state index in [0.717, 1.165) is 0 Å². The van der Waals surface area contributed by atoms with Gasteiger partial charge < -0.3 is 10.5 Å². The molecule has 0 radical (unpaired) electrons. The van der Waals surface area contributed by atoms with E-state index >= 15 is 0 Å². The van der Waals surface area contributed by atoms with Gasteiger partial charge in [0.25, 0.3) is 0 Å². The number of anilines is 1. The number of benzene rings is 1. The number of fused-ring (bicyclic) bond motifs is 1. The molecule has 0 spiro atoms. The molecule has 6 nitrogen and oxygen atoms in total. The Kier molecular flexibility index (Phi) is 3.57. The van der Waals surface area contributed by atoms with Crippen molar-refractivity contribution in [3.05, 3.63) is 28.2 Å². The lowest BCUT2D eigenvalue weighted by Crippen LogP contribution is -2.23. The summed E-state index contributed by atoms with van der Waals surface area (Å²) < 4.78 is 8.15. The van der Waals surface area contributed by atoms with E-state index in [4.69, 9.17) is 10.5 Å². The second-order valence-corrected chi connectivity index (χ2v) is 4.95. The van der Waals surface area contributed by atoms with Gasteiger partial charge in [-0.05, 0) is 32.9 Å². The molecule has 1 heterocycles. The number of ether oxygens (including phenoxy) is 1. The predicted octanol–water partition coefficient (Wildman–Crippen LogP) is 1.68. The lowest BCUT2D eigenvalue weighted by Gasteiger charge is -2.09. The fourth-order valence-electron chi connectivity index (χ4n) is 2.31. The number of nitrogens with two attached hydrogens (primary N) is 1. The number of imidazole rings is 1. The largest absolute Gasteiger partial charge is 0.462 e. The van der Waals surface area contributed by atoms with Gasteiger partial charge in [0.2, 0.25) is 0 Å². The number of carbonyl (C=O) groups is 1. The molecule has 1 aromatic heterocycles. The van der Waals surface area contributed by atoms with Crippen molar-refractivity contribution in [3.8, 4) is 0 Å². The summed E-state index contributed by atoms with van der Waals surface area (Å²) in [6, 6.07) is 3.26. The number of esters is 1. The van der Waals surface area contributed by atoms with Gasteiger partial charge in [0.05, 0.1) is 23.2 Å². The van der Waals surface area contributed by atoms with E-state index in [-0.39, 0.29) is 18.3 Å². The van der Waals surface area contributed by atoms with E-state index in [0.29, 0.717) is 22.3 Å². The molecule has 1 aromatic carbocycles. The minimum absolute atomic E-state index is 0.00938. The van der Waals surface area contributed by atoms with Crippen LogP contribution < -0.4 is 11.4 Å². The van der Waals surface area contributed by atoms with Crippen molar-refractivity contribution in [2.45, 2.75) is 26.8 Å². The van der Waals surface area contributed by atoms with Crippen molar-refractivity contribution in [2.75, 3.05) is 12.3 Å². The van der Waals surface area contributed by atoms with Crippen molar-refractivity contribution < 1.29 is 9.53 Å². The standard InChI is InChI=1S/C14H19N3O3/c1-5-20-13(18)9-6-12-11(7-10(9)15)16(4)14(19)17(12)8(2)3/h6-8H,5,15H2,1-4H3. The van der Waals surface area contributed by atoms with E-state index in [1.54, 1.807) is 30.7 Å². The maximum atomic E-state index is 12.2. The van der Waals surface area contributed by atoms with Gasteiger partial charge in [-0.15, -0.1) is 0 Å².